The fourth-order valence-corrected chi connectivity index (χ4v) is 3.88. The smallest absolute Gasteiger partial charge is 0.227 e. The topological polar surface area (TPSA) is 47.4 Å². The van der Waals surface area contributed by atoms with E-state index in [2.05, 4.69) is 36.3 Å². The number of hydrogen-bond acceptors (Lipinski definition) is 3. The van der Waals surface area contributed by atoms with E-state index >= 15 is 0 Å². The number of nitrogens with zero attached hydrogens (tertiary/aromatic N) is 3. The van der Waals surface area contributed by atoms with E-state index < -0.39 is 0 Å². The number of fused-ring (bicyclic) bond motifs is 1. The van der Waals surface area contributed by atoms with Crippen LogP contribution in [-0.4, -0.2) is 27.1 Å². The van der Waals surface area contributed by atoms with Crippen molar-refractivity contribution in [1.82, 2.24) is 14.7 Å². The summed E-state index contributed by atoms with van der Waals surface area (Å²) in [7, 11) is 1.94. The van der Waals surface area contributed by atoms with E-state index in [0.717, 1.165) is 28.9 Å². The molecule has 0 fully saturated rings. The van der Waals surface area contributed by atoms with Crippen LogP contribution in [0.15, 0.2) is 48.5 Å². The monoisotopic (exact) mass is 407 g/mol. The lowest BCUT2D eigenvalue weighted by Gasteiger charge is -2.28. The predicted octanol–water partition coefficient (Wildman–Crippen LogP) is 3.71. The Bertz CT molecular complexity index is 1040. The van der Waals surface area contributed by atoms with E-state index in [0.29, 0.717) is 31.9 Å². The highest BCUT2D eigenvalue weighted by atomic mass is 19.1. The zero-order valence-electron chi connectivity index (χ0n) is 17.4. The molecule has 5 nitrogen and oxygen atoms in total. The summed E-state index contributed by atoms with van der Waals surface area (Å²) in [6.45, 7) is 4.15. The predicted molar refractivity (Wildman–Crippen MR) is 112 cm³/mol. The highest BCUT2D eigenvalue weighted by Crippen LogP contribution is 2.24. The highest BCUT2D eigenvalue weighted by molar-refractivity contribution is 5.79. The largest absolute Gasteiger partial charge is 0.370 e. The molecule has 156 valence electrons. The van der Waals surface area contributed by atoms with Gasteiger partial charge in [-0.1, -0.05) is 42.0 Å². The van der Waals surface area contributed by atoms with Crippen LogP contribution in [0.25, 0.3) is 0 Å². The molecule has 1 amide bonds. The third-order valence-electron chi connectivity index (χ3n) is 5.55. The van der Waals surface area contributed by atoms with Crippen LogP contribution in [0.1, 0.15) is 33.6 Å². The minimum Gasteiger partial charge on any atom is -0.370 e. The molecule has 0 radical (unpaired) electrons. The van der Waals surface area contributed by atoms with E-state index in [9.17, 15) is 9.18 Å². The average Bonchev–Trinajstić information content (AvgIpc) is 3.04. The summed E-state index contributed by atoms with van der Waals surface area (Å²) in [5, 5.41) is 4.63. The third-order valence-corrected chi connectivity index (χ3v) is 5.55. The fourth-order valence-electron chi connectivity index (χ4n) is 3.88. The van der Waals surface area contributed by atoms with Crippen LogP contribution in [0, 0.1) is 12.7 Å². The Labute approximate surface area is 176 Å². The molecular weight excluding hydrogens is 381 g/mol. The first-order valence-corrected chi connectivity index (χ1v) is 10.2. The van der Waals surface area contributed by atoms with Crippen molar-refractivity contribution < 1.29 is 13.9 Å². The van der Waals surface area contributed by atoms with E-state index in [1.165, 1.54) is 17.7 Å². The zero-order chi connectivity index (χ0) is 21.1. The maximum absolute atomic E-state index is 13.4. The van der Waals surface area contributed by atoms with Crippen molar-refractivity contribution in [2.45, 2.75) is 39.5 Å². The van der Waals surface area contributed by atoms with Gasteiger partial charge in [-0.15, -0.1) is 0 Å². The maximum atomic E-state index is 13.4. The van der Waals surface area contributed by atoms with Crippen molar-refractivity contribution in [3.8, 4) is 0 Å². The van der Waals surface area contributed by atoms with E-state index in [-0.39, 0.29) is 18.1 Å². The first-order chi connectivity index (χ1) is 14.5. The van der Waals surface area contributed by atoms with E-state index in [1.807, 2.05) is 16.6 Å². The summed E-state index contributed by atoms with van der Waals surface area (Å²) in [6, 6.07) is 14.5. The molecule has 0 bridgehead atoms. The molecule has 0 unspecified atom stereocenters. The summed E-state index contributed by atoms with van der Waals surface area (Å²) in [5.74, 6) is -0.317. The Morgan fingerprint density at radius 2 is 1.93 bits per heavy atom. The number of benzene rings is 2. The van der Waals surface area contributed by atoms with Gasteiger partial charge in [0.1, 0.15) is 5.82 Å². The molecule has 3 aromatic rings. The lowest BCUT2D eigenvalue weighted by molar-refractivity contribution is -0.131. The van der Waals surface area contributed by atoms with Crippen molar-refractivity contribution >= 4 is 5.91 Å². The number of hydrogen-bond donors (Lipinski definition) is 0. The minimum atomic E-state index is -0.318. The van der Waals surface area contributed by atoms with Crippen LogP contribution >= 0.6 is 0 Å². The normalized spacial score (nSPS) is 13.4. The van der Waals surface area contributed by atoms with Gasteiger partial charge in [0.2, 0.25) is 5.91 Å². The number of aryl methyl sites for hydroxylation is 2. The van der Waals surface area contributed by atoms with Gasteiger partial charge < -0.3 is 9.64 Å². The van der Waals surface area contributed by atoms with Gasteiger partial charge in [-0.05, 0) is 30.2 Å². The van der Waals surface area contributed by atoms with Crippen LogP contribution in [0.2, 0.25) is 0 Å². The molecule has 1 aromatic heterocycles. The highest BCUT2D eigenvalue weighted by Gasteiger charge is 2.26. The SMILES string of the molecule is Cc1ccc(COCc2nn(C)c3c2CN(C(=O)Cc2cccc(F)c2)CC3)cc1. The molecule has 0 saturated carbocycles. The Morgan fingerprint density at radius 1 is 1.13 bits per heavy atom. The van der Waals surface area contributed by atoms with Crippen molar-refractivity contribution in [1.29, 1.82) is 0 Å². The maximum Gasteiger partial charge on any atom is 0.227 e. The van der Waals surface area contributed by atoms with Gasteiger partial charge in [0.15, 0.2) is 0 Å². The Hall–Kier alpha value is -2.99. The Kier molecular flexibility index (Phi) is 5.95. The standard InChI is InChI=1S/C24H26FN3O2/c1-17-6-8-18(9-7-17)15-30-16-22-21-14-28(11-10-23(21)27(2)26-22)24(29)13-19-4-3-5-20(25)12-19/h3-9,12H,10-11,13-16H2,1-2H3. The van der Waals surface area contributed by atoms with Crippen molar-refractivity contribution in [2.75, 3.05) is 6.54 Å². The van der Waals surface area contributed by atoms with Gasteiger partial charge >= 0.3 is 0 Å². The van der Waals surface area contributed by atoms with Crippen LogP contribution in [-0.2, 0) is 49.2 Å². The van der Waals surface area contributed by atoms with Crippen LogP contribution < -0.4 is 0 Å². The number of aromatic nitrogens is 2. The molecule has 0 saturated heterocycles. The van der Waals surface area contributed by atoms with Gasteiger partial charge in [-0.25, -0.2) is 4.39 Å². The molecule has 4 rings (SSSR count). The third kappa shape index (κ3) is 4.60. The molecule has 1 aliphatic heterocycles. The lowest BCUT2D eigenvalue weighted by Crippen LogP contribution is -2.37. The van der Waals surface area contributed by atoms with Crippen LogP contribution in [0.5, 0.6) is 0 Å². The zero-order valence-corrected chi connectivity index (χ0v) is 17.4. The molecule has 6 heteroatoms. The molecule has 0 spiro atoms. The molecule has 2 aromatic carbocycles. The average molecular weight is 407 g/mol. The second kappa shape index (κ2) is 8.79. The molecule has 2 heterocycles. The van der Waals surface area contributed by atoms with Gasteiger partial charge in [0, 0.05) is 37.8 Å². The molecule has 30 heavy (non-hydrogen) atoms. The summed E-state index contributed by atoms with van der Waals surface area (Å²) in [5.41, 5.74) is 6.14. The van der Waals surface area contributed by atoms with Crippen LogP contribution in [0.3, 0.4) is 0 Å². The molecule has 0 aliphatic carbocycles. The molecular formula is C24H26FN3O2. The summed E-state index contributed by atoms with van der Waals surface area (Å²) in [4.78, 5) is 14.6. The number of rotatable bonds is 6. The summed E-state index contributed by atoms with van der Waals surface area (Å²) < 4.78 is 21.2. The Balaban J connectivity index is 1.41. The first-order valence-electron chi connectivity index (χ1n) is 10.2. The summed E-state index contributed by atoms with van der Waals surface area (Å²) >= 11 is 0. The number of carbonyl (C=O) groups is 1. The Morgan fingerprint density at radius 3 is 2.70 bits per heavy atom. The quantitative estimate of drug-likeness (QED) is 0.626. The number of ether oxygens (including phenoxy) is 1. The molecule has 0 N–H and O–H groups in total. The van der Waals surface area contributed by atoms with Crippen molar-refractivity contribution in [2.24, 2.45) is 7.05 Å². The van der Waals surface area contributed by atoms with Crippen molar-refractivity contribution in [3.63, 3.8) is 0 Å². The van der Waals surface area contributed by atoms with E-state index in [4.69, 9.17) is 4.74 Å². The minimum absolute atomic E-state index is 0.00151. The second-order valence-electron chi connectivity index (χ2n) is 7.85. The number of halogens is 1. The van der Waals surface area contributed by atoms with E-state index in [1.54, 1.807) is 12.1 Å². The fraction of sp³-hybridized carbons (Fsp3) is 0.333. The van der Waals surface area contributed by atoms with Crippen LogP contribution in [0.4, 0.5) is 4.39 Å². The summed E-state index contributed by atoms with van der Waals surface area (Å²) in [6.07, 6.45) is 0.957. The van der Waals surface area contributed by atoms with Gasteiger partial charge in [0.25, 0.3) is 0 Å². The van der Waals surface area contributed by atoms with Gasteiger partial charge in [-0.3, -0.25) is 9.48 Å². The number of amides is 1. The van der Waals surface area contributed by atoms with Gasteiger partial charge in [-0.2, -0.15) is 5.10 Å². The van der Waals surface area contributed by atoms with Gasteiger partial charge in [0.05, 0.1) is 25.3 Å². The first kappa shape index (κ1) is 20.3. The van der Waals surface area contributed by atoms with Crippen molar-refractivity contribution in [3.05, 3.63) is 88.0 Å². The molecule has 0 atom stereocenters. The number of carbonyl (C=O) groups excluding carboxylic acids is 1. The lowest BCUT2D eigenvalue weighted by atomic mass is 10.0. The molecule has 1 aliphatic rings. The second-order valence-corrected chi connectivity index (χ2v) is 7.85.